The number of carbonyl (C=O) groups excluding carboxylic acids is 1. The Bertz CT molecular complexity index is 959. The van der Waals surface area contributed by atoms with Crippen molar-refractivity contribution in [2.24, 2.45) is 11.7 Å². The Morgan fingerprint density at radius 1 is 1.26 bits per heavy atom. The van der Waals surface area contributed by atoms with Crippen molar-refractivity contribution in [2.45, 2.75) is 13.5 Å². The predicted molar refractivity (Wildman–Crippen MR) is 98.4 cm³/mol. The number of aromatic nitrogens is 2. The van der Waals surface area contributed by atoms with Crippen molar-refractivity contribution in [1.82, 2.24) is 15.2 Å². The van der Waals surface area contributed by atoms with Gasteiger partial charge in [0.15, 0.2) is 0 Å². The quantitative estimate of drug-likeness (QED) is 0.362. The molecule has 140 valence electrons. The van der Waals surface area contributed by atoms with Crippen LogP contribution in [0.2, 0.25) is 0 Å². The van der Waals surface area contributed by atoms with Gasteiger partial charge < -0.3 is 4.74 Å². The van der Waals surface area contributed by atoms with Crippen molar-refractivity contribution in [3.63, 3.8) is 0 Å². The zero-order valence-corrected chi connectivity index (χ0v) is 14.6. The lowest BCUT2D eigenvalue weighted by atomic mass is 10.1. The fraction of sp³-hybridized carbons (Fsp3) is 0.111. The van der Waals surface area contributed by atoms with Gasteiger partial charge in [0.25, 0.3) is 0 Å². The van der Waals surface area contributed by atoms with Crippen LogP contribution in [-0.2, 0) is 6.61 Å². The Hall–Kier alpha value is -3.43. The van der Waals surface area contributed by atoms with Gasteiger partial charge in [-0.3, -0.25) is 5.43 Å². The summed E-state index contributed by atoms with van der Waals surface area (Å²) >= 11 is 0. The van der Waals surface area contributed by atoms with E-state index in [1.807, 2.05) is 18.4 Å². The second-order valence-electron chi connectivity index (χ2n) is 5.73. The SMILES string of the molecule is Cc1cccc(N(N)C(=O)NN)c1COc1ccn(-c2ccccc2F)n1. The molecule has 27 heavy (non-hydrogen) atoms. The van der Waals surface area contributed by atoms with Crippen molar-refractivity contribution >= 4 is 11.7 Å². The molecule has 2 amide bonds. The molecule has 0 unspecified atom stereocenters. The van der Waals surface area contributed by atoms with E-state index in [0.29, 0.717) is 22.8 Å². The van der Waals surface area contributed by atoms with Crippen LogP contribution in [0, 0.1) is 12.7 Å². The lowest BCUT2D eigenvalue weighted by molar-refractivity contribution is 0.246. The Balaban J connectivity index is 1.80. The average Bonchev–Trinajstić information content (AvgIpc) is 3.14. The van der Waals surface area contributed by atoms with E-state index < -0.39 is 6.03 Å². The average molecular weight is 370 g/mol. The lowest BCUT2D eigenvalue weighted by Gasteiger charge is -2.20. The van der Waals surface area contributed by atoms with Gasteiger partial charge in [-0.05, 0) is 30.7 Å². The summed E-state index contributed by atoms with van der Waals surface area (Å²) in [5.74, 6) is 10.9. The number of hydrazine groups is 2. The van der Waals surface area contributed by atoms with Crippen LogP contribution in [0.4, 0.5) is 14.9 Å². The third kappa shape index (κ3) is 3.89. The highest BCUT2D eigenvalue weighted by molar-refractivity contribution is 5.91. The molecule has 0 saturated heterocycles. The van der Waals surface area contributed by atoms with Gasteiger partial charge in [-0.2, -0.15) is 0 Å². The molecule has 0 bridgehead atoms. The van der Waals surface area contributed by atoms with Crippen molar-refractivity contribution in [2.75, 3.05) is 5.01 Å². The standard InChI is InChI=1S/C18H19FN6O2/c1-12-5-4-8-15(25(21)18(26)22-20)13(12)11-27-17-9-10-24(23-17)16-7-3-2-6-14(16)19/h2-10H,11,20-21H2,1H3,(H,22,26). The first-order chi connectivity index (χ1) is 13.0. The molecule has 0 saturated carbocycles. The number of rotatable bonds is 5. The zero-order chi connectivity index (χ0) is 19.4. The number of urea groups is 1. The van der Waals surface area contributed by atoms with Gasteiger partial charge in [0.05, 0.1) is 5.69 Å². The molecule has 1 heterocycles. The molecule has 0 radical (unpaired) electrons. The Morgan fingerprint density at radius 3 is 2.78 bits per heavy atom. The minimum Gasteiger partial charge on any atom is -0.472 e. The second kappa shape index (κ2) is 7.85. The van der Waals surface area contributed by atoms with E-state index in [0.717, 1.165) is 10.6 Å². The van der Waals surface area contributed by atoms with Crippen LogP contribution in [0.5, 0.6) is 5.88 Å². The van der Waals surface area contributed by atoms with Crippen molar-refractivity contribution in [3.8, 4) is 11.6 Å². The number of carbonyl (C=O) groups is 1. The second-order valence-corrected chi connectivity index (χ2v) is 5.73. The van der Waals surface area contributed by atoms with Gasteiger partial charge >= 0.3 is 6.03 Å². The fourth-order valence-electron chi connectivity index (χ4n) is 2.58. The minimum absolute atomic E-state index is 0.113. The van der Waals surface area contributed by atoms with E-state index in [-0.39, 0.29) is 12.4 Å². The molecular formula is C18H19FN6O2. The molecule has 3 aromatic rings. The maximum Gasteiger partial charge on any atom is 0.350 e. The molecule has 0 aliphatic carbocycles. The van der Waals surface area contributed by atoms with Crippen molar-refractivity contribution < 1.29 is 13.9 Å². The van der Waals surface area contributed by atoms with Crippen molar-refractivity contribution in [1.29, 1.82) is 0 Å². The van der Waals surface area contributed by atoms with Gasteiger partial charge in [-0.1, -0.05) is 24.3 Å². The summed E-state index contributed by atoms with van der Waals surface area (Å²) < 4.78 is 21.0. The summed E-state index contributed by atoms with van der Waals surface area (Å²) in [7, 11) is 0. The molecule has 1 aromatic heterocycles. The Kier molecular flexibility index (Phi) is 5.34. The number of aryl methyl sites for hydroxylation is 1. The number of ether oxygens (including phenoxy) is 1. The molecule has 5 N–H and O–H groups in total. The van der Waals surface area contributed by atoms with E-state index in [1.165, 1.54) is 10.7 Å². The van der Waals surface area contributed by atoms with E-state index in [2.05, 4.69) is 5.10 Å². The van der Waals surface area contributed by atoms with Crippen LogP contribution in [0.25, 0.3) is 5.69 Å². The molecule has 2 aromatic carbocycles. The molecule has 0 aliphatic rings. The predicted octanol–water partition coefficient (Wildman–Crippen LogP) is 2.16. The van der Waals surface area contributed by atoms with Crippen LogP contribution >= 0.6 is 0 Å². The normalized spacial score (nSPS) is 10.5. The van der Waals surface area contributed by atoms with Crippen molar-refractivity contribution in [3.05, 3.63) is 71.7 Å². The highest BCUT2D eigenvalue weighted by Gasteiger charge is 2.17. The van der Waals surface area contributed by atoms with Gasteiger partial charge in [-0.25, -0.2) is 30.6 Å². The Morgan fingerprint density at radius 2 is 2.04 bits per heavy atom. The number of nitrogens with two attached hydrogens (primary N) is 2. The van der Waals surface area contributed by atoms with E-state index in [4.69, 9.17) is 16.4 Å². The number of halogens is 1. The summed E-state index contributed by atoms with van der Waals surface area (Å²) in [6.07, 6.45) is 1.60. The molecular weight excluding hydrogens is 351 g/mol. The molecule has 0 fully saturated rings. The summed E-state index contributed by atoms with van der Waals surface area (Å²) in [6.45, 7) is 1.98. The van der Waals surface area contributed by atoms with Gasteiger partial charge in [0, 0.05) is 17.8 Å². The molecule has 0 atom stereocenters. The first-order valence-electron chi connectivity index (χ1n) is 8.08. The lowest BCUT2D eigenvalue weighted by Crippen LogP contribution is -2.48. The van der Waals surface area contributed by atoms with Crippen LogP contribution in [0.15, 0.2) is 54.7 Å². The molecule has 9 heteroatoms. The Labute approximate surface area is 155 Å². The smallest absolute Gasteiger partial charge is 0.350 e. The highest BCUT2D eigenvalue weighted by Crippen LogP contribution is 2.24. The third-order valence-electron chi connectivity index (χ3n) is 4.02. The summed E-state index contributed by atoms with van der Waals surface area (Å²) in [5.41, 5.74) is 4.32. The highest BCUT2D eigenvalue weighted by atomic mass is 19.1. The van der Waals surface area contributed by atoms with Gasteiger partial charge in [-0.15, -0.1) is 5.10 Å². The first-order valence-corrected chi connectivity index (χ1v) is 8.08. The van der Waals surface area contributed by atoms with Gasteiger partial charge in [0.1, 0.15) is 18.1 Å². The molecule has 8 nitrogen and oxygen atoms in total. The van der Waals surface area contributed by atoms with Gasteiger partial charge in [0.2, 0.25) is 5.88 Å². The minimum atomic E-state index is -0.661. The molecule has 0 spiro atoms. The number of para-hydroxylation sites is 1. The number of nitrogens with one attached hydrogen (secondary N) is 1. The maximum absolute atomic E-state index is 13.9. The number of anilines is 1. The van der Waals surface area contributed by atoms with Crippen LogP contribution < -0.4 is 26.9 Å². The van der Waals surface area contributed by atoms with Crippen LogP contribution in [-0.4, -0.2) is 15.8 Å². The summed E-state index contributed by atoms with van der Waals surface area (Å²) in [4.78, 5) is 11.7. The monoisotopic (exact) mass is 370 g/mol. The van der Waals surface area contributed by atoms with Crippen LogP contribution in [0.1, 0.15) is 11.1 Å². The van der Waals surface area contributed by atoms with E-state index in [9.17, 15) is 9.18 Å². The number of hydrogen-bond donors (Lipinski definition) is 3. The summed E-state index contributed by atoms with van der Waals surface area (Å²) in [5, 5.41) is 5.13. The zero-order valence-electron chi connectivity index (χ0n) is 14.6. The van der Waals surface area contributed by atoms with E-state index >= 15 is 0 Å². The molecule has 3 rings (SSSR count). The number of nitrogens with zero attached hydrogens (tertiary/aromatic N) is 3. The summed E-state index contributed by atoms with van der Waals surface area (Å²) in [6, 6.07) is 12.6. The number of hydrogen-bond acceptors (Lipinski definition) is 5. The maximum atomic E-state index is 13.9. The molecule has 0 aliphatic heterocycles. The topological polar surface area (TPSA) is 111 Å². The number of benzene rings is 2. The third-order valence-corrected chi connectivity index (χ3v) is 4.02. The first kappa shape index (κ1) is 18.4. The number of amides is 2. The fourth-order valence-corrected chi connectivity index (χ4v) is 2.58. The van der Waals surface area contributed by atoms with Crippen LogP contribution in [0.3, 0.4) is 0 Å². The van der Waals surface area contributed by atoms with E-state index in [1.54, 1.807) is 42.6 Å². The largest absolute Gasteiger partial charge is 0.472 e.